The minimum absolute atomic E-state index is 0.0624. The Hall–Kier alpha value is -5.96. The summed E-state index contributed by atoms with van der Waals surface area (Å²) in [5.74, 6) is 1.16. The van der Waals surface area contributed by atoms with E-state index in [2.05, 4.69) is 42.5 Å². The van der Waals surface area contributed by atoms with E-state index in [1.165, 1.54) is 0 Å². The van der Waals surface area contributed by atoms with E-state index >= 15 is 0 Å². The quantitative estimate of drug-likeness (QED) is 0.0650. The second-order valence-corrected chi connectivity index (χ2v) is 13.1. The fourth-order valence-corrected chi connectivity index (χ4v) is 6.35. The van der Waals surface area contributed by atoms with Crippen molar-refractivity contribution in [2.45, 2.75) is 57.3 Å². The Balaban J connectivity index is 1.18. The van der Waals surface area contributed by atoms with Crippen LogP contribution in [0.15, 0.2) is 73.1 Å². The van der Waals surface area contributed by atoms with E-state index in [1.54, 1.807) is 44.7 Å². The lowest BCUT2D eigenvalue weighted by atomic mass is 10.0. The first-order chi connectivity index (χ1) is 26.6. The summed E-state index contributed by atoms with van der Waals surface area (Å²) in [7, 11) is 3.19. The van der Waals surface area contributed by atoms with Gasteiger partial charge in [-0.05, 0) is 75.0 Å². The number of ether oxygens (including phenoxy) is 2. The first kappa shape index (κ1) is 38.8. The molecule has 1 atom stereocenters. The lowest BCUT2D eigenvalue weighted by molar-refractivity contribution is -0.137. The first-order valence-electron chi connectivity index (χ1n) is 18.1. The van der Waals surface area contributed by atoms with Crippen LogP contribution in [0.3, 0.4) is 0 Å². The van der Waals surface area contributed by atoms with Crippen molar-refractivity contribution in [3.63, 3.8) is 0 Å². The van der Waals surface area contributed by atoms with Gasteiger partial charge in [-0.2, -0.15) is 18.3 Å². The molecule has 1 unspecified atom stereocenters. The third-order valence-corrected chi connectivity index (χ3v) is 9.34. The van der Waals surface area contributed by atoms with Crippen LogP contribution in [-0.2, 0) is 17.5 Å². The average molecular weight is 757 g/mol. The lowest BCUT2D eigenvalue weighted by Gasteiger charge is -2.13. The lowest BCUT2D eigenvalue weighted by Crippen LogP contribution is -2.40. The molecule has 3 aromatic heterocycles. The predicted molar refractivity (Wildman–Crippen MR) is 205 cm³/mol. The SMILES string of the molecule is COc1ccc(CNc2ncc(/C=C/CCCCCNC(=O)C3CCCN3)c3n[nH]c(-c4ccc(C(=O)Nc5cc(C(F)(F)F)ccn5)cc4)c23)c(OC)c1. The standard InChI is InChI=1S/C40H43F3N8O4/c1-54-30-16-15-27(32(22-30)55-2)23-47-37-34-35(25-11-13-26(14-12-25)38(52)49-33-21-29(17-20-45-33)40(41,42)43)50-51-36(34)28(24-48-37)9-6-4-3-5-7-18-46-39(53)31-10-8-19-44-31/h6,9,11-17,20-22,24,31,44H,3-5,7-8,10,18-19,23H2,1-2H3,(H,46,53)(H,47,48)(H,50,51)(H,45,49,52)/b9-6+. The summed E-state index contributed by atoms with van der Waals surface area (Å²) < 4.78 is 50.5. The first-order valence-corrected chi connectivity index (χ1v) is 18.1. The number of unbranched alkanes of at least 4 members (excludes halogenated alkanes) is 3. The number of rotatable bonds is 16. The number of carbonyl (C=O) groups is 2. The molecule has 4 heterocycles. The van der Waals surface area contributed by atoms with E-state index in [-0.39, 0.29) is 23.3 Å². The van der Waals surface area contributed by atoms with Crippen LogP contribution in [0.1, 0.15) is 65.6 Å². The van der Waals surface area contributed by atoms with Crippen LogP contribution >= 0.6 is 0 Å². The van der Waals surface area contributed by atoms with Crippen LogP contribution in [0, 0.1) is 0 Å². The Kier molecular flexibility index (Phi) is 12.6. The number of allylic oxidation sites excluding steroid dienone is 1. The fourth-order valence-electron chi connectivity index (χ4n) is 6.35. The van der Waals surface area contributed by atoms with E-state index in [4.69, 9.17) is 14.5 Å². The number of amides is 2. The van der Waals surface area contributed by atoms with Crippen molar-refractivity contribution in [3.05, 3.63) is 95.3 Å². The van der Waals surface area contributed by atoms with Crippen molar-refractivity contribution in [2.24, 2.45) is 0 Å². The van der Waals surface area contributed by atoms with Crippen LogP contribution in [0.5, 0.6) is 11.5 Å². The van der Waals surface area contributed by atoms with Crippen molar-refractivity contribution < 1.29 is 32.2 Å². The molecule has 1 saturated heterocycles. The topological polar surface area (TPSA) is 155 Å². The fraction of sp³-hybridized carbons (Fsp3) is 0.325. The van der Waals surface area contributed by atoms with Crippen LogP contribution in [0.4, 0.5) is 24.8 Å². The molecule has 0 aliphatic carbocycles. The summed E-state index contributed by atoms with van der Waals surface area (Å²) in [6, 6.07) is 13.7. The summed E-state index contributed by atoms with van der Waals surface area (Å²) in [5.41, 5.74) is 3.06. The predicted octanol–water partition coefficient (Wildman–Crippen LogP) is 7.36. The third-order valence-electron chi connectivity index (χ3n) is 9.34. The number of alkyl halides is 3. The molecule has 288 valence electrons. The van der Waals surface area contributed by atoms with Gasteiger partial charge >= 0.3 is 6.18 Å². The second kappa shape index (κ2) is 17.9. The number of anilines is 2. The summed E-state index contributed by atoms with van der Waals surface area (Å²) in [4.78, 5) is 33.8. The molecule has 6 rings (SSSR count). The molecule has 1 fully saturated rings. The van der Waals surface area contributed by atoms with Gasteiger partial charge in [0.15, 0.2) is 0 Å². The molecule has 12 nitrogen and oxygen atoms in total. The van der Waals surface area contributed by atoms with Crippen LogP contribution in [0.2, 0.25) is 0 Å². The highest BCUT2D eigenvalue weighted by Gasteiger charge is 2.31. The van der Waals surface area contributed by atoms with Gasteiger partial charge in [-0.15, -0.1) is 0 Å². The van der Waals surface area contributed by atoms with Crippen molar-refractivity contribution in [3.8, 4) is 22.8 Å². The highest BCUT2D eigenvalue weighted by Crippen LogP contribution is 2.35. The molecule has 5 N–H and O–H groups in total. The van der Waals surface area contributed by atoms with Gasteiger partial charge in [-0.1, -0.05) is 30.7 Å². The number of pyridine rings is 2. The Bertz CT molecular complexity index is 2130. The van der Waals surface area contributed by atoms with Gasteiger partial charge < -0.3 is 30.7 Å². The molecule has 0 bridgehead atoms. The Labute approximate surface area is 316 Å². The number of nitrogens with one attached hydrogen (secondary N) is 5. The number of aromatic amines is 1. The third kappa shape index (κ3) is 9.78. The Morgan fingerprint density at radius 1 is 1.00 bits per heavy atom. The number of methoxy groups -OCH3 is 2. The number of H-pyrrole nitrogens is 1. The van der Waals surface area contributed by atoms with Crippen molar-refractivity contribution in [1.82, 2.24) is 30.8 Å². The number of hydrogen-bond donors (Lipinski definition) is 5. The van der Waals surface area contributed by atoms with Gasteiger partial charge in [0.2, 0.25) is 5.91 Å². The number of halogens is 3. The molecule has 0 spiro atoms. The van der Waals surface area contributed by atoms with E-state index in [1.807, 2.05) is 24.3 Å². The number of fused-ring (bicyclic) bond motifs is 1. The zero-order valence-electron chi connectivity index (χ0n) is 30.6. The molecule has 2 amide bonds. The molecular weight excluding hydrogens is 713 g/mol. The molecule has 0 saturated carbocycles. The monoisotopic (exact) mass is 756 g/mol. The average Bonchev–Trinajstić information content (AvgIpc) is 3.90. The highest BCUT2D eigenvalue weighted by atomic mass is 19.4. The maximum atomic E-state index is 13.2. The number of hydrogen-bond acceptors (Lipinski definition) is 9. The Morgan fingerprint density at radius 2 is 1.84 bits per heavy atom. The number of aromatic nitrogens is 4. The molecule has 2 aromatic carbocycles. The number of nitrogens with zero attached hydrogens (tertiary/aromatic N) is 3. The van der Waals surface area contributed by atoms with Crippen LogP contribution in [-0.4, -0.2) is 65.3 Å². The number of carbonyl (C=O) groups excluding carboxylic acids is 2. The number of benzene rings is 2. The highest BCUT2D eigenvalue weighted by molar-refractivity contribution is 6.06. The van der Waals surface area contributed by atoms with E-state index in [9.17, 15) is 22.8 Å². The van der Waals surface area contributed by atoms with Crippen LogP contribution < -0.4 is 30.7 Å². The van der Waals surface area contributed by atoms with Gasteiger partial charge in [0.25, 0.3) is 5.91 Å². The van der Waals surface area contributed by atoms with Gasteiger partial charge in [0, 0.05) is 53.8 Å². The molecule has 1 aliphatic heterocycles. The summed E-state index contributed by atoms with van der Waals surface area (Å²) >= 11 is 0. The maximum absolute atomic E-state index is 13.2. The Morgan fingerprint density at radius 3 is 2.58 bits per heavy atom. The van der Waals surface area contributed by atoms with Crippen molar-refractivity contribution in [2.75, 3.05) is 37.9 Å². The minimum Gasteiger partial charge on any atom is -0.497 e. The van der Waals surface area contributed by atoms with Crippen LogP contribution in [0.25, 0.3) is 28.2 Å². The van der Waals surface area contributed by atoms with E-state index < -0.39 is 17.6 Å². The van der Waals surface area contributed by atoms with Crippen molar-refractivity contribution >= 4 is 40.4 Å². The van der Waals surface area contributed by atoms with Gasteiger partial charge in [-0.3, -0.25) is 14.7 Å². The molecule has 5 aromatic rings. The summed E-state index contributed by atoms with van der Waals surface area (Å²) in [6.07, 6.45) is 7.90. The van der Waals surface area contributed by atoms with Crippen molar-refractivity contribution in [1.29, 1.82) is 0 Å². The van der Waals surface area contributed by atoms with E-state index in [0.29, 0.717) is 47.2 Å². The van der Waals surface area contributed by atoms with Gasteiger partial charge in [0.05, 0.1) is 36.9 Å². The normalized spacial score (nSPS) is 14.3. The van der Waals surface area contributed by atoms with Gasteiger partial charge in [0.1, 0.15) is 28.7 Å². The zero-order chi connectivity index (χ0) is 38.8. The van der Waals surface area contributed by atoms with E-state index in [0.717, 1.165) is 79.9 Å². The molecule has 15 heteroatoms. The molecule has 0 radical (unpaired) electrons. The minimum atomic E-state index is -4.57. The molecule has 55 heavy (non-hydrogen) atoms. The summed E-state index contributed by atoms with van der Waals surface area (Å²) in [6.45, 7) is 1.94. The summed E-state index contributed by atoms with van der Waals surface area (Å²) in [5, 5.41) is 20.7. The maximum Gasteiger partial charge on any atom is 0.416 e. The zero-order valence-corrected chi connectivity index (χ0v) is 30.6. The largest absolute Gasteiger partial charge is 0.497 e. The smallest absolute Gasteiger partial charge is 0.416 e. The molecular formula is C40H43F3N8O4. The molecule has 1 aliphatic rings. The second-order valence-electron chi connectivity index (χ2n) is 13.1. The van der Waals surface area contributed by atoms with Gasteiger partial charge in [-0.25, -0.2) is 9.97 Å².